The maximum absolute atomic E-state index is 12.3. The predicted molar refractivity (Wildman–Crippen MR) is 110 cm³/mol. The summed E-state index contributed by atoms with van der Waals surface area (Å²) in [7, 11) is 2.67. The van der Waals surface area contributed by atoms with Crippen LogP contribution in [0.4, 0.5) is 0 Å². The molecule has 0 spiro atoms. The third-order valence-electron chi connectivity index (χ3n) is 5.15. The molecule has 6 heteroatoms. The van der Waals surface area contributed by atoms with Gasteiger partial charge >= 0.3 is 11.9 Å². The third kappa shape index (κ3) is 3.06. The lowest BCUT2D eigenvalue weighted by molar-refractivity contribution is -0.136. The van der Waals surface area contributed by atoms with Gasteiger partial charge in [0.05, 0.1) is 30.8 Å². The van der Waals surface area contributed by atoms with E-state index in [9.17, 15) is 9.59 Å². The quantitative estimate of drug-likeness (QED) is 0.481. The normalized spacial score (nSPS) is 15.4. The molecule has 0 saturated carbocycles. The van der Waals surface area contributed by atoms with Gasteiger partial charge in [0, 0.05) is 34.5 Å². The van der Waals surface area contributed by atoms with E-state index in [0.29, 0.717) is 16.9 Å². The SMILES string of the molecule is C=C(CC1OC(C)=Cn2c3ccccc3c3cc(C(=O)OC)cc1c32)C(=O)OC. The maximum atomic E-state index is 12.3. The van der Waals surface area contributed by atoms with Crippen molar-refractivity contribution in [2.24, 2.45) is 0 Å². The molecular weight excluding hydrogens is 370 g/mol. The number of hydrogen-bond donors (Lipinski definition) is 0. The number of carbonyl (C=O) groups excluding carboxylic acids is 2. The van der Waals surface area contributed by atoms with E-state index in [2.05, 4.69) is 11.1 Å². The summed E-state index contributed by atoms with van der Waals surface area (Å²) in [4.78, 5) is 24.3. The summed E-state index contributed by atoms with van der Waals surface area (Å²) in [6, 6.07) is 11.6. The Morgan fingerprint density at radius 3 is 2.62 bits per heavy atom. The molecule has 1 atom stereocenters. The van der Waals surface area contributed by atoms with Crippen molar-refractivity contribution in [2.45, 2.75) is 19.4 Å². The van der Waals surface area contributed by atoms with Crippen molar-refractivity contribution in [3.8, 4) is 0 Å². The van der Waals surface area contributed by atoms with Crippen LogP contribution in [-0.4, -0.2) is 30.7 Å². The van der Waals surface area contributed by atoms with Crippen LogP contribution in [0.1, 0.15) is 35.4 Å². The average Bonchev–Trinajstić information content (AvgIpc) is 2.96. The lowest BCUT2D eigenvalue weighted by Gasteiger charge is -2.20. The summed E-state index contributed by atoms with van der Waals surface area (Å²) in [5.74, 6) is -0.231. The summed E-state index contributed by atoms with van der Waals surface area (Å²) in [6.07, 6.45) is 1.65. The molecule has 0 amide bonds. The molecule has 1 aliphatic rings. The first-order chi connectivity index (χ1) is 13.9. The van der Waals surface area contributed by atoms with Crippen LogP contribution < -0.4 is 0 Å². The number of aromatic nitrogens is 1. The van der Waals surface area contributed by atoms with Gasteiger partial charge in [-0.05, 0) is 25.1 Å². The monoisotopic (exact) mass is 391 g/mol. The van der Waals surface area contributed by atoms with E-state index >= 15 is 0 Å². The number of hydrogen-bond acceptors (Lipinski definition) is 5. The number of nitrogens with zero attached hydrogens (tertiary/aromatic N) is 1. The second-order valence-corrected chi connectivity index (χ2v) is 6.99. The highest BCUT2D eigenvalue weighted by Crippen LogP contribution is 2.41. The number of rotatable bonds is 4. The molecule has 0 aliphatic carbocycles. The molecule has 6 nitrogen and oxygen atoms in total. The van der Waals surface area contributed by atoms with Crippen LogP contribution in [0, 0.1) is 0 Å². The molecule has 3 aromatic rings. The fourth-order valence-corrected chi connectivity index (χ4v) is 3.88. The fraction of sp³-hybridized carbons (Fsp3) is 0.217. The predicted octanol–water partition coefficient (Wildman–Crippen LogP) is 4.59. The molecule has 0 N–H and O–H groups in total. The number of ether oxygens (including phenoxy) is 3. The molecule has 29 heavy (non-hydrogen) atoms. The van der Waals surface area contributed by atoms with Gasteiger partial charge in [-0.2, -0.15) is 0 Å². The summed E-state index contributed by atoms with van der Waals surface area (Å²) < 4.78 is 18.0. The van der Waals surface area contributed by atoms with E-state index in [-0.39, 0.29) is 6.42 Å². The Labute approximate surface area is 168 Å². The molecule has 2 heterocycles. The zero-order valence-electron chi connectivity index (χ0n) is 16.5. The van der Waals surface area contributed by atoms with Crippen LogP contribution >= 0.6 is 0 Å². The zero-order chi connectivity index (χ0) is 20.7. The number of carbonyl (C=O) groups is 2. The van der Waals surface area contributed by atoms with Gasteiger partial charge in [-0.25, -0.2) is 9.59 Å². The Morgan fingerprint density at radius 1 is 1.14 bits per heavy atom. The van der Waals surface area contributed by atoms with Crippen LogP contribution in [0.5, 0.6) is 0 Å². The van der Waals surface area contributed by atoms with Gasteiger partial charge in [0.2, 0.25) is 0 Å². The first-order valence-corrected chi connectivity index (χ1v) is 9.20. The fourth-order valence-electron chi connectivity index (χ4n) is 3.88. The zero-order valence-corrected chi connectivity index (χ0v) is 16.5. The number of fused-ring (bicyclic) bond motifs is 3. The van der Waals surface area contributed by atoms with Gasteiger partial charge in [0.1, 0.15) is 11.9 Å². The van der Waals surface area contributed by atoms with Crippen molar-refractivity contribution in [1.82, 2.24) is 4.57 Å². The third-order valence-corrected chi connectivity index (χ3v) is 5.15. The van der Waals surface area contributed by atoms with Gasteiger partial charge in [0.15, 0.2) is 0 Å². The lowest BCUT2D eigenvalue weighted by atomic mass is 9.96. The van der Waals surface area contributed by atoms with Crippen molar-refractivity contribution in [3.63, 3.8) is 0 Å². The van der Waals surface area contributed by atoms with Crippen LogP contribution in [0.15, 0.2) is 54.3 Å². The highest BCUT2D eigenvalue weighted by Gasteiger charge is 2.27. The lowest BCUT2D eigenvalue weighted by Crippen LogP contribution is -2.11. The van der Waals surface area contributed by atoms with Crippen LogP contribution in [0.2, 0.25) is 0 Å². The van der Waals surface area contributed by atoms with Crippen molar-refractivity contribution in [1.29, 1.82) is 0 Å². The Bertz CT molecular complexity index is 1200. The van der Waals surface area contributed by atoms with Crippen LogP contribution in [-0.2, 0) is 19.0 Å². The first kappa shape index (κ1) is 18.8. The summed E-state index contributed by atoms with van der Waals surface area (Å²) >= 11 is 0. The van der Waals surface area contributed by atoms with E-state index in [1.165, 1.54) is 14.2 Å². The molecule has 0 fully saturated rings. The highest BCUT2D eigenvalue weighted by molar-refractivity contribution is 6.12. The number of para-hydroxylation sites is 1. The average molecular weight is 391 g/mol. The minimum absolute atomic E-state index is 0.235. The van der Waals surface area contributed by atoms with E-state index in [1.807, 2.05) is 43.5 Å². The van der Waals surface area contributed by atoms with E-state index in [1.54, 1.807) is 6.07 Å². The highest BCUT2D eigenvalue weighted by atomic mass is 16.5. The van der Waals surface area contributed by atoms with E-state index in [0.717, 1.165) is 27.4 Å². The van der Waals surface area contributed by atoms with E-state index in [4.69, 9.17) is 14.2 Å². The largest absolute Gasteiger partial charge is 0.488 e. The molecular formula is C23H21NO5. The second-order valence-electron chi connectivity index (χ2n) is 6.99. The number of methoxy groups -OCH3 is 2. The number of allylic oxidation sites excluding steroid dienone is 1. The molecule has 0 saturated heterocycles. The first-order valence-electron chi connectivity index (χ1n) is 9.20. The molecule has 1 aliphatic heterocycles. The summed E-state index contributed by atoms with van der Waals surface area (Å²) in [6.45, 7) is 5.70. The summed E-state index contributed by atoms with van der Waals surface area (Å²) in [5.41, 5.74) is 3.44. The maximum Gasteiger partial charge on any atom is 0.337 e. The van der Waals surface area contributed by atoms with Gasteiger partial charge in [-0.3, -0.25) is 0 Å². The minimum Gasteiger partial charge on any atom is -0.488 e. The Morgan fingerprint density at radius 2 is 1.90 bits per heavy atom. The second kappa shape index (κ2) is 7.13. The van der Waals surface area contributed by atoms with Crippen molar-refractivity contribution < 1.29 is 23.8 Å². The van der Waals surface area contributed by atoms with Crippen molar-refractivity contribution in [3.05, 3.63) is 65.4 Å². The number of esters is 2. The minimum atomic E-state index is -0.504. The number of benzene rings is 2. The smallest absolute Gasteiger partial charge is 0.337 e. The Hall–Kier alpha value is -3.54. The van der Waals surface area contributed by atoms with Gasteiger partial charge < -0.3 is 18.8 Å². The molecule has 2 aromatic carbocycles. The Kier molecular flexibility index (Phi) is 4.62. The molecule has 4 rings (SSSR count). The standard InChI is InChI=1S/C23H21NO5/c1-13(22(25)27-3)9-20-18-11-15(23(26)28-4)10-17-16-7-5-6-8-19(16)24(21(17)18)12-14(2)29-20/h5-8,10-12,20H,1,9H2,2-4H3. The Balaban J connectivity index is 2.02. The topological polar surface area (TPSA) is 66.8 Å². The molecule has 148 valence electrons. The van der Waals surface area contributed by atoms with Crippen molar-refractivity contribution >= 4 is 39.9 Å². The van der Waals surface area contributed by atoms with Crippen molar-refractivity contribution in [2.75, 3.05) is 14.2 Å². The molecule has 0 radical (unpaired) electrons. The molecule has 1 aromatic heterocycles. The van der Waals surface area contributed by atoms with E-state index < -0.39 is 18.0 Å². The van der Waals surface area contributed by atoms with Crippen LogP contribution in [0.25, 0.3) is 28.0 Å². The molecule has 0 bridgehead atoms. The van der Waals surface area contributed by atoms with Gasteiger partial charge in [-0.15, -0.1) is 0 Å². The van der Waals surface area contributed by atoms with Gasteiger partial charge in [0.25, 0.3) is 0 Å². The van der Waals surface area contributed by atoms with Crippen LogP contribution in [0.3, 0.4) is 0 Å². The van der Waals surface area contributed by atoms with Gasteiger partial charge in [-0.1, -0.05) is 24.8 Å². The molecule has 1 unspecified atom stereocenters. The summed E-state index contributed by atoms with van der Waals surface area (Å²) in [5, 5.41) is 1.94.